The summed E-state index contributed by atoms with van der Waals surface area (Å²) in [5.41, 5.74) is 1.19. The lowest BCUT2D eigenvalue weighted by Crippen LogP contribution is -2.88. The largest absolute Gasteiger partial charge is 0.496 e. The molecule has 0 aliphatic rings. The fraction of sp³-hybridized carbons (Fsp3) is 0.571. The van der Waals surface area contributed by atoms with Crippen molar-refractivity contribution in [2.24, 2.45) is 0 Å². The van der Waals surface area contributed by atoms with Gasteiger partial charge in [-0.3, -0.25) is 0 Å². The van der Waals surface area contributed by atoms with Gasteiger partial charge in [0.15, 0.2) is 0 Å². The monoisotopic (exact) mass is 316 g/mol. The van der Waals surface area contributed by atoms with Crippen LogP contribution in [0.4, 0.5) is 0 Å². The topological polar surface area (TPSA) is 35.1 Å². The van der Waals surface area contributed by atoms with Gasteiger partial charge in [-0.15, -0.1) is 0 Å². The number of hydrogen-bond acceptors (Lipinski definition) is 2. The molecule has 0 fully saturated rings. The van der Waals surface area contributed by atoms with Crippen LogP contribution in [-0.2, 0) is 6.54 Å². The summed E-state index contributed by atoms with van der Waals surface area (Å²) in [6.07, 6.45) is 2.38. The zero-order chi connectivity index (χ0) is 13.5. The Morgan fingerprint density at radius 3 is 2.22 bits per heavy atom. The molecule has 0 radical (unpaired) electrons. The molecule has 0 spiro atoms. The zero-order valence-corrected chi connectivity index (χ0v) is 13.2. The molecule has 18 heavy (non-hydrogen) atoms. The normalized spacial score (nSPS) is 10.8. The molecule has 0 bridgehead atoms. The van der Waals surface area contributed by atoms with Gasteiger partial charge in [0, 0.05) is 11.6 Å². The fourth-order valence-electron chi connectivity index (χ4n) is 2.00. The molecule has 0 aromatic heterocycles. The number of halogens is 1. The molecule has 4 heteroatoms. The van der Waals surface area contributed by atoms with Crippen LogP contribution in [0.15, 0.2) is 16.6 Å². The highest BCUT2D eigenvalue weighted by atomic mass is 79.9. The molecule has 0 atom stereocenters. The molecule has 0 unspecified atom stereocenters. The number of rotatable bonds is 7. The van der Waals surface area contributed by atoms with E-state index in [4.69, 9.17) is 9.47 Å². The van der Waals surface area contributed by atoms with Crippen molar-refractivity contribution >= 4 is 15.9 Å². The van der Waals surface area contributed by atoms with Crippen molar-refractivity contribution in [1.29, 1.82) is 0 Å². The summed E-state index contributed by atoms with van der Waals surface area (Å²) in [7, 11) is 3.36. The summed E-state index contributed by atoms with van der Waals surface area (Å²) < 4.78 is 11.7. The minimum atomic E-state index is 0.676. The summed E-state index contributed by atoms with van der Waals surface area (Å²) in [4.78, 5) is 0. The number of benzene rings is 1. The molecule has 1 aromatic rings. The highest BCUT2D eigenvalue weighted by molar-refractivity contribution is 9.10. The summed E-state index contributed by atoms with van der Waals surface area (Å²) in [6.45, 7) is 5.38. The smallest absolute Gasteiger partial charge is 0.136 e. The van der Waals surface area contributed by atoms with E-state index in [0.717, 1.165) is 22.5 Å². The van der Waals surface area contributed by atoms with E-state index in [9.17, 15) is 0 Å². The number of ether oxygens (including phenoxy) is 2. The van der Waals surface area contributed by atoms with Crippen molar-refractivity contribution in [2.75, 3.05) is 14.2 Å². The van der Waals surface area contributed by atoms with Crippen LogP contribution in [0.2, 0.25) is 0 Å². The second kappa shape index (κ2) is 7.64. The molecule has 2 N–H and O–H groups in total. The van der Waals surface area contributed by atoms with E-state index in [1.54, 1.807) is 14.2 Å². The van der Waals surface area contributed by atoms with Crippen LogP contribution >= 0.6 is 15.9 Å². The van der Waals surface area contributed by atoms with E-state index in [1.165, 1.54) is 18.4 Å². The van der Waals surface area contributed by atoms with Crippen LogP contribution in [0, 0.1) is 0 Å². The van der Waals surface area contributed by atoms with Crippen molar-refractivity contribution in [2.45, 2.75) is 39.3 Å². The standard InChI is InChI=1S/C14H22BrNO2/c1-5-11(6-2)16-9-10-7-12(15)14(18-4)8-13(10)17-3/h7-8,11,16H,5-6,9H2,1-4H3/p+1. The third-order valence-electron chi connectivity index (χ3n) is 3.27. The van der Waals surface area contributed by atoms with Gasteiger partial charge < -0.3 is 14.8 Å². The maximum absolute atomic E-state index is 5.42. The Morgan fingerprint density at radius 1 is 1.11 bits per heavy atom. The fourth-order valence-corrected chi connectivity index (χ4v) is 2.55. The van der Waals surface area contributed by atoms with Crippen molar-refractivity contribution in [3.8, 4) is 11.5 Å². The van der Waals surface area contributed by atoms with Gasteiger partial charge in [-0.2, -0.15) is 0 Å². The minimum absolute atomic E-state index is 0.676. The molecule has 0 saturated carbocycles. The number of methoxy groups -OCH3 is 2. The highest BCUT2D eigenvalue weighted by Crippen LogP contribution is 2.32. The van der Waals surface area contributed by atoms with Gasteiger partial charge >= 0.3 is 0 Å². The van der Waals surface area contributed by atoms with E-state index in [2.05, 4.69) is 41.2 Å². The average molecular weight is 317 g/mol. The Kier molecular flexibility index (Phi) is 6.50. The van der Waals surface area contributed by atoms with Crippen molar-refractivity contribution < 1.29 is 14.8 Å². The van der Waals surface area contributed by atoms with E-state index in [-0.39, 0.29) is 0 Å². The van der Waals surface area contributed by atoms with Gasteiger partial charge in [0.1, 0.15) is 18.0 Å². The first-order valence-electron chi connectivity index (χ1n) is 6.39. The molecule has 0 heterocycles. The van der Waals surface area contributed by atoms with E-state index in [1.807, 2.05) is 6.07 Å². The van der Waals surface area contributed by atoms with E-state index in [0.29, 0.717) is 6.04 Å². The van der Waals surface area contributed by atoms with E-state index < -0.39 is 0 Å². The molecule has 102 valence electrons. The number of quaternary nitrogens is 1. The average Bonchev–Trinajstić information content (AvgIpc) is 2.40. The summed E-state index contributed by atoms with van der Waals surface area (Å²) >= 11 is 3.52. The third-order valence-corrected chi connectivity index (χ3v) is 3.89. The number of hydrogen-bond donors (Lipinski definition) is 1. The molecule has 0 aliphatic heterocycles. The quantitative estimate of drug-likeness (QED) is 0.839. The van der Waals surface area contributed by atoms with Gasteiger partial charge in [0.25, 0.3) is 0 Å². The molecule has 0 saturated heterocycles. The Morgan fingerprint density at radius 2 is 1.72 bits per heavy atom. The Hall–Kier alpha value is -0.740. The second-order valence-electron chi connectivity index (χ2n) is 4.32. The van der Waals surface area contributed by atoms with Gasteiger partial charge in [0.2, 0.25) is 0 Å². The molecule has 3 nitrogen and oxygen atoms in total. The Bertz CT molecular complexity index is 378. The van der Waals surface area contributed by atoms with Crippen LogP contribution in [0.1, 0.15) is 32.3 Å². The van der Waals surface area contributed by atoms with Crippen LogP contribution in [0.5, 0.6) is 11.5 Å². The molecular formula is C14H23BrNO2+. The van der Waals surface area contributed by atoms with Crippen molar-refractivity contribution in [1.82, 2.24) is 0 Å². The molecule has 0 aliphatic carbocycles. The summed E-state index contributed by atoms with van der Waals surface area (Å²) in [6, 6.07) is 4.69. The molecule has 1 rings (SSSR count). The summed E-state index contributed by atoms with van der Waals surface area (Å²) in [5, 5.41) is 2.37. The summed E-state index contributed by atoms with van der Waals surface area (Å²) in [5.74, 6) is 1.69. The highest BCUT2D eigenvalue weighted by Gasteiger charge is 2.13. The maximum atomic E-state index is 5.42. The first-order chi connectivity index (χ1) is 8.65. The predicted molar refractivity (Wildman–Crippen MR) is 77.2 cm³/mol. The van der Waals surface area contributed by atoms with Gasteiger partial charge in [-0.05, 0) is 34.8 Å². The van der Waals surface area contributed by atoms with Gasteiger partial charge in [0.05, 0.1) is 24.7 Å². The van der Waals surface area contributed by atoms with Gasteiger partial charge in [-0.25, -0.2) is 0 Å². The second-order valence-corrected chi connectivity index (χ2v) is 5.17. The lowest BCUT2D eigenvalue weighted by molar-refractivity contribution is -0.705. The molecule has 1 aromatic carbocycles. The maximum Gasteiger partial charge on any atom is 0.136 e. The van der Waals surface area contributed by atoms with Crippen LogP contribution in [-0.4, -0.2) is 20.3 Å². The first kappa shape index (κ1) is 15.3. The van der Waals surface area contributed by atoms with Crippen LogP contribution < -0.4 is 14.8 Å². The lowest BCUT2D eigenvalue weighted by Gasteiger charge is -2.15. The minimum Gasteiger partial charge on any atom is -0.496 e. The van der Waals surface area contributed by atoms with Crippen molar-refractivity contribution in [3.05, 3.63) is 22.2 Å². The zero-order valence-electron chi connectivity index (χ0n) is 11.6. The first-order valence-corrected chi connectivity index (χ1v) is 7.19. The lowest BCUT2D eigenvalue weighted by atomic mass is 10.1. The predicted octanol–water partition coefficient (Wildman–Crippen LogP) is 2.72. The van der Waals surface area contributed by atoms with Crippen LogP contribution in [0.25, 0.3) is 0 Å². The molecular weight excluding hydrogens is 294 g/mol. The Balaban J connectivity index is 2.84. The molecule has 0 amide bonds. The number of nitrogens with two attached hydrogens (primary N) is 1. The van der Waals surface area contributed by atoms with Gasteiger partial charge in [-0.1, -0.05) is 13.8 Å². The Labute approximate surface area is 118 Å². The SMILES string of the molecule is CCC(CC)[NH2+]Cc1cc(Br)c(OC)cc1OC. The van der Waals surface area contributed by atoms with Crippen molar-refractivity contribution in [3.63, 3.8) is 0 Å². The van der Waals surface area contributed by atoms with E-state index >= 15 is 0 Å². The van der Waals surface area contributed by atoms with Crippen LogP contribution in [0.3, 0.4) is 0 Å². The third kappa shape index (κ3) is 3.89.